The lowest BCUT2D eigenvalue weighted by Crippen LogP contribution is -2.43. The third-order valence-corrected chi connectivity index (χ3v) is 4.49. The second kappa shape index (κ2) is 13.3. The Morgan fingerprint density at radius 1 is 0.727 bits per heavy atom. The summed E-state index contributed by atoms with van der Waals surface area (Å²) in [5.74, 6) is -9.21. The summed E-state index contributed by atoms with van der Waals surface area (Å²) in [7, 11) is 0. The lowest BCUT2D eigenvalue weighted by molar-refractivity contribution is -0.173. The van der Waals surface area contributed by atoms with E-state index in [1.165, 1.54) is 0 Å². The molecule has 0 aliphatic carbocycles. The van der Waals surface area contributed by atoms with E-state index in [0.717, 1.165) is 0 Å². The fraction of sp³-hybridized carbons (Fsp3) is 0.684. The molecule has 0 bridgehead atoms. The topological polar surface area (TPSA) is 242 Å². The second-order valence-electron chi connectivity index (χ2n) is 7.40. The first kappa shape index (κ1) is 29.7. The number of ether oxygens (including phenoxy) is 2. The van der Waals surface area contributed by atoms with E-state index in [1.54, 1.807) is 6.92 Å². The molecule has 6 N–H and O–H groups in total. The summed E-state index contributed by atoms with van der Waals surface area (Å²) in [5, 5.41) is 54.8. The average Bonchev–Trinajstić information content (AvgIpc) is 2.64. The zero-order valence-electron chi connectivity index (χ0n) is 17.9. The molecule has 188 valence electrons. The number of aliphatic hydroxyl groups is 2. The molecule has 3 unspecified atom stereocenters. The molecule has 0 amide bonds. The molecule has 0 spiro atoms. The Bertz CT molecular complexity index is 747. The van der Waals surface area contributed by atoms with Crippen molar-refractivity contribution < 1.29 is 68.9 Å². The van der Waals surface area contributed by atoms with Crippen LogP contribution >= 0.6 is 0 Å². The van der Waals surface area contributed by atoms with Crippen LogP contribution in [0, 0.1) is 0 Å². The lowest BCUT2D eigenvalue weighted by atomic mass is 9.96. The van der Waals surface area contributed by atoms with Crippen LogP contribution in [-0.4, -0.2) is 90.4 Å². The maximum atomic E-state index is 11.9. The number of carbonyl (C=O) groups excluding carboxylic acids is 2. The van der Waals surface area contributed by atoms with Crippen molar-refractivity contribution in [2.24, 2.45) is 0 Å². The van der Waals surface area contributed by atoms with Crippen LogP contribution in [0.25, 0.3) is 0 Å². The molecule has 0 aromatic rings. The van der Waals surface area contributed by atoms with Gasteiger partial charge in [-0.1, -0.05) is 6.92 Å². The van der Waals surface area contributed by atoms with E-state index in [-0.39, 0.29) is 19.4 Å². The molecule has 3 atom stereocenters. The van der Waals surface area contributed by atoms with Gasteiger partial charge in [0, 0.05) is 0 Å². The average molecular weight is 480 g/mol. The van der Waals surface area contributed by atoms with E-state index < -0.39 is 78.8 Å². The Hall–Kier alpha value is -3.26. The van der Waals surface area contributed by atoms with Gasteiger partial charge in [0.15, 0.2) is 11.2 Å². The minimum atomic E-state index is -2.81. The number of hydrogen-bond donors (Lipinski definition) is 6. The summed E-state index contributed by atoms with van der Waals surface area (Å²) >= 11 is 0. The maximum Gasteiger partial charge on any atom is 0.336 e. The maximum absolute atomic E-state index is 11.9. The van der Waals surface area contributed by atoms with E-state index in [1.807, 2.05) is 0 Å². The standard InChI is InChI=1S/C19H28O14/c1-2-11(33-15(25)10-19(31,17(28)29)8-13(22)23)5-3-4-6-32-14(24)9-18(30,16(26)27)7-12(20)21/h11,30-31H,2-10H2,1H3,(H,20,21)(H,22,23)(H,26,27)(H,28,29). The highest BCUT2D eigenvalue weighted by atomic mass is 16.5. The summed E-state index contributed by atoms with van der Waals surface area (Å²) in [6.07, 6.45) is -4.05. The van der Waals surface area contributed by atoms with Crippen molar-refractivity contribution in [1.82, 2.24) is 0 Å². The number of unbranched alkanes of at least 4 members (excludes halogenated alkanes) is 1. The smallest absolute Gasteiger partial charge is 0.336 e. The first-order valence-corrected chi connectivity index (χ1v) is 9.85. The van der Waals surface area contributed by atoms with Crippen LogP contribution in [0.2, 0.25) is 0 Å². The molecule has 0 aromatic carbocycles. The molecular formula is C19H28O14. The molecule has 14 nitrogen and oxygen atoms in total. The van der Waals surface area contributed by atoms with Gasteiger partial charge in [0.1, 0.15) is 6.10 Å². The Morgan fingerprint density at radius 2 is 1.18 bits per heavy atom. The molecule has 0 rings (SSSR count). The number of aliphatic carboxylic acids is 4. The highest BCUT2D eigenvalue weighted by Gasteiger charge is 2.42. The molecule has 0 aliphatic heterocycles. The van der Waals surface area contributed by atoms with Crippen molar-refractivity contribution in [1.29, 1.82) is 0 Å². The summed E-state index contributed by atoms with van der Waals surface area (Å²) in [6, 6.07) is 0. The van der Waals surface area contributed by atoms with Crippen LogP contribution < -0.4 is 0 Å². The van der Waals surface area contributed by atoms with Crippen LogP contribution in [0.3, 0.4) is 0 Å². The number of esters is 2. The van der Waals surface area contributed by atoms with Gasteiger partial charge >= 0.3 is 35.8 Å². The summed E-state index contributed by atoms with van der Waals surface area (Å²) in [5.41, 5.74) is -5.61. The highest BCUT2D eigenvalue weighted by molar-refractivity contribution is 5.89. The zero-order chi connectivity index (χ0) is 25.8. The number of hydrogen-bond acceptors (Lipinski definition) is 10. The largest absolute Gasteiger partial charge is 0.481 e. The molecule has 14 heteroatoms. The Kier molecular flexibility index (Phi) is 12.0. The molecule has 0 radical (unpaired) electrons. The molecule has 0 fully saturated rings. The second-order valence-corrected chi connectivity index (χ2v) is 7.40. The molecule has 0 aromatic heterocycles. The number of rotatable bonds is 17. The van der Waals surface area contributed by atoms with E-state index in [2.05, 4.69) is 0 Å². The van der Waals surface area contributed by atoms with Gasteiger partial charge in [0.2, 0.25) is 0 Å². The lowest BCUT2D eigenvalue weighted by Gasteiger charge is -2.22. The van der Waals surface area contributed by atoms with Crippen molar-refractivity contribution in [2.45, 2.75) is 75.6 Å². The molecule has 0 saturated carbocycles. The zero-order valence-corrected chi connectivity index (χ0v) is 17.9. The van der Waals surface area contributed by atoms with Gasteiger partial charge < -0.3 is 40.1 Å². The number of carboxylic acids is 4. The normalized spacial score (nSPS) is 15.4. The SMILES string of the molecule is CCC(CCCCOC(=O)CC(O)(CC(=O)O)C(=O)O)OC(=O)CC(O)(CC(=O)O)C(=O)O. The Labute approximate surface area is 187 Å². The predicted octanol–water partition coefficient (Wildman–Crippen LogP) is -0.617. The van der Waals surface area contributed by atoms with Crippen molar-refractivity contribution in [2.75, 3.05) is 6.61 Å². The number of carbonyl (C=O) groups is 6. The first-order valence-electron chi connectivity index (χ1n) is 9.85. The molecular weight excluding hydrogens is 452 g/mol. The predicted molar refractivity (Wildman–Crippen MR) is 104 cm³/mol. The van der Waals surface area contributed by atoms with Crippen LogP contribution in [-0.2, 0) is 38.2 Å². The van der Waals surface area contributed by atoms with Crippen molar-refractivity contribution in [3.05, 3.63) is 0 Å². The quantitative estimate of drug-likeness (QED) is 0.112. The van der Waals surface area contributed by atoms with Crippen molar-refractivity contribution in [3.8, 4) is 0 Å². The molecule has 0 heterocycles. The molecule has 33 heavy (non-hydrogen) atoms. The van der Waals surface area contributed by atoms with E-state index >= 15 is 0 Å². The van der Waals surface area contributed by atoms with Crippen molar-refractivity contribution in [3.63, 3.8) is 0 Å². The molecule has 0 aliphatic rings. The third-order valence-electron chi connectivity index (χ3n) is 4.49. The van der Waals surface area contributed by atoms with E-state index in [9.17, 15) is 39.0 Å². The minimum absolute atomic E-state index is 0.191. The van der Waals surface area contributed by atoms with Crippen LogP contribution in [0.5, 0.6) is 0 Å². The minimum Gasteiger partial charge on any atom is -0.481 e. The third kappa shape index (κ3) is 11.2. The fourth-order valence-electron chi connectivity index (χ4n) is 2.69. The van der Waals surface area contributed by atoms with Crippen LogP contribution in [0.4, 0.5) is 0 Å². The summed E-state index contributed by atoms with van der Waals surface area (Å²) in [4.78, 5) is 67.1. The monoisotopic (exact) mass is 480 g/mol. The summed E-state index contributed by atoms with van der Waals surface area (Å²) < 4.78 is 9.85. The van der Waals surface area contributed by atoms with Crippen molar-refractivity contribution >= 4 is 35.8 Å². The Balaban J connectivity index is 4.51. The first-order chi connectivity index (χ1) is 15.1. The fourth-order valence-corrected chi connectivity index (χ4v) is 2.69. The van der Waals surface area contributed by atoms with Gasteiger partial charge in [-0.25, -0.2) is 9.59 Å². The van der Waals surface area contributed by atoms with Crippen LogP contribution in [0.15, 0.2) is 0 Å². The van der Waals surface area contributed by atoms with Gasteiger partial charge in [0.25, 0.3) is 0 Å². The summed E-state index contributed by atoms with van der Waals surface area (Å²) in [6.45, 7) is 1.47. The highest BCUT2D eigenvalue weighted by Crippen LogP contribution is 2.20. The van der Waals surface area contributed by atoms with Gasteiger partial charge in [-0.2, -0.15) is 0 Å². The van der Waals surface area contributed by atoms with Gasteiger partial charge in [-0.05, 0) is 25.7 Å². The van der Waals surface area contributed by atoms with Crippen LogP contribution in [0.1, 0.15) is 58.3 Å². The van der Waals surface area contributed by atoms with Gasteiger partial charge in [-0.3, -0.25) is 19.2 Å². The van der Waals surface area contributed by atoms with Gasteiger partial charge in [-0.15, -0.1) is 0 Å². The van der Waals surface area contributed by atoms with E-state index in [0.29, 0.717) is 12.8 Å². The van der Waals surface area contributed by atoms with E-state index in [4.69, 9.17) is 29.9 Å². The molecule has 0 saturated heterocycles. The Morgan fingerprint density at radius 3 is 1.58 bits per heavy atom. The number of carboxylic acid groups (broad SMARTS) is 4. The van der Waals surface area contributed by atoms with Gasteiger partial charge in [0.05, 0.1) is 32.3 Å².